The first-order valence-corrected chi connectivity index (χ1v) is 12.1. The highest BCUT2D eigenvalue weighted by Gasteiger charge is 2.39. The summed E-state index contributed by atoms with van der Waals surface area (Å²) < 4.78 is 5.61. The first-order chi connectivity index (χ1) is 16.5. The standard InChI is InChI=1S/C27H30N2O5/c30-25(31)14-13-24(26(32)29-15-17-9-11-18(29)12-10-17)28-27(33)34-16-23-21-7-3-1-5-19(21)20-6-2-4-8-22(20)23/h1-8,17-18,23-24H,9-16H2,(H,28,33)(H,30,31). The maximum atomic E-state index is 13.3. The number of piperidine rings is 2. The molecule has 1 unspecified atom stereocenters. The molecular weight excluding hydrogens is 432 g/mol. The van der Waals surface area contributed by atoms with Crippen LogP contribution < -0.4 is 5.32 Å². The summed E-state index contributed by atoms with van der Waals surface area (Å²) in [4.78, 5) is 39.1. The van der Waals surface area contributed by atoms with Crippen molar-refractivity contribution in [1.29, 1.82) is 0 Å². The third-order valence-electron chi connectivity index (χ3n) is 7.58. The third kappa shape index (κ3) is 4.39. The van der Waals surface area contributed by atoms with E-state index < -0.39 is 18.1 Å². The van der Waals surface area contributed by atoms with Crippen LogP contribution in [0.5, 0.6) is 0 Å². The van der Waals surface area contributed by atoms with Gasteiger partial charge in [0, 0.05) is 24.9 Å². The maximum absolute atomic E-state index is 13.3. The number of carbonyl (C=O) groups is 3. The Hall–Kier alpha value is -3.35. The first kappa shape index (κ1) is 22.4. The van der Waals surface area contributed by atoms with Crippen LogP contribution >= 0.6 is 0 Å². The molecule has 2 aliphatic carbocycles. The number of aliphatic carboxylic acids is 1. The second-order valence-corrected chi connectivity index (χ2v) is 9.62. The minimum Gasteiger partial charge on any atom is -0.481 e. The number of rotatable bonds is 7. The number of alkyl carbamates (subject to hydrolysis) is 1. The second-order valence-electron chi connectivity index (χ2n) is 9.62. The van der Waals surface area contributed by atoms with Gasteiger partial charge in [-0.05, 0) is 60.3 Å². The molecule has 1 saturated carbocycles. The van der Waals surface area contributed by atoms with Crippen LogP contribution in [0.2, 0.25) is 0 Å². The van der Waals surface area contributed by atoms with E-state index in [0.717, 1.165) is 47.9 Å². The van der Waals surface area contributed by atoms with Crippen molar-refractivity contribution in [3.05, 3.63) is 59.7 Å². The highest BCUT2D eigenvalue weighted by Crippen LogP contribution is 2.44. The minimum absolute atomic E-state index is 0.0479. The Balaban J connectivity index is 1.26. The molecule has 2 aliphatic heterocycles. The average molecular weight is 463 g/mol. The van der Waals surface area contributed by atoms with Gasteiger partial charge < -0.3 is 20.1 Å². The monoisotopic (exact) mass is 462 g/mol. The van der Waals surface area contributed by atoms with E-state index in [0.29, 0.717) is 12.5 Å². The van der Waals surface area contributed by atoms with Crippen molar-refractivity contribution in [3.63, 3.8) is 0 Å². The number of fused-ring (bicyclic) bond motifs is 6. The topological polar surface area (TPSA) is 95.9 Å². The number of nitrogens with zero attached hydrogens (tertiary/aromatic N) is 1. The molecule has 7 nitrogen and oxygen atoms in total. The summed E-state index contributed by atoms with van der Waals surface area (Å²) >= 11 is 0. The number of ether oxygens (including phenoxy) is 1. The van der Waals surface area contributed by atoms with Crippen molar-refractivity contribution in [2.24, 2.45) is 5.92 Å². The van der Waals surface area contributed by atoms with E-state index in [-0.39, 0.29) is 37.3 Å². The van der Waals surface area contributed by atoms with E-state index in [4.69, 9.17) is 9.84 Å². The SMILES string of the molecule is O=C(O)CCC(NC(=O)OCC1c2ccccc2-c2ccccc21)C(=O)N1CC2CCC1CC2. The van der Waals surface area contributed by atoms with Crippen molar-refractivity contribution in [3.8, 4) is 11.1 Å². The molecule has 2 amide bonds. The quantitative estimate of drug-likeness (QED) is 0.644. The zero-order valence-electron chi connectivity index (χ0n) is 19.1. The van der Waals surface area contributed by atoms with Gasteiger partial charge in [0.1, 0.15) is 12.6 Å². The van der Waals surface area contributed by atoms with E-state index in [1.54, 1.807) is 0 Å². The summed E-state index contributed by atoms with van der Waals surface area (Å²) in [5.41, 5.74) is 4.50. The molecular formula is C27H30N2O5. The number of benzene rings is 2. The molecule has 2 saturated heterocycles. The summed E-state index contributed by atoms with van der Waals surface area (Å²) in [7, 11) is 0. The normalized spacial score (nSPS) is 21.5. The molecule has 2 heterocycles. The fraction of sp³-hybridized carbons (Fsp3) is 0.444. The van der Waals surface area contributed by atoms with Gasteiger partial charge in [0.15, 0.2) is 0 Å². The Morgan fingerprint density at radius 1 is 0.971 bits per heavy atom. The van der Waals surface area contributed by atoms with Crippen molar-refractivity contribution >= 4 is 18.0 Å². The molecule has 34 heavy (non-hydrogen) atoms. The van der Waals surface area contributed by atoms with Gasteiger partial charge in [-0.2, -0.15) is 0 Å². The van der Waals surface area contributed by atoms with Crippen LogP contribution in [0.15, 0.2) is 48.5 Å². The van der Waals surface area contributed by atoms with Gasteiger partial charge in [0.2, 0.25) is 5.91 Å². The zero-order valence-corrected chi connectivity index (χ0v) is 19.1. The second kappa shape index (κ2) is 9.49. The highest BCUT2D eigenvalue weighted by molar-refractivity contribution is 5.87. The van der Waals surface area contributed by atoms with E-state index in [2.05, 4.69) is 17.4 Å². The molecule has 178 valence electrons. The molecule has 0 radical (unpaired) electrons. The lowest BCUT2D eigenvalue weighted by Gasteiger charge is -2.46. The molecule has 1 atom stereocenters. The molecule has 2 N–H and O–H groups in total. The van der Waals surface area contributed by atoms with Crippen LogP contribution in [0, 0.1) is 5.92 Å². The molecule has 0 spiro atoms. The van der Waals surface area contributed by atoms with Crippen molar-refractivity contribution < 1.29 is 24.2 Å². The van der Waals surface area contributed by atoms with Crippen LogP contribution in [0.1, 0.15) is 55.6 Å². The number of carboxylic acids is 1. The Labute approximate surface area is 199 Å². The van der Waals surface area contributed by atoms with Crippen LogP contribution in [0.4, 0.5) is 4.79 Å². The lowest BCUT2D eigenvalue weighted by Crippen LogP contribution is -2.57. The van der Waals surface area contributed by atoms with Crippen LogP contribution in [-0.4, -0.2) is 53.2 Å². The van der Waals surface area contributed by atoms with Crippen molar-refractivity contribution in [1.82, 2.24) is 10.2 Å². The van der Waals surface area contributed by atoms with Crippen LogP contribution in [0.25, 0.3) is 11.1 Å². The molecule has 6 rings (SSSR count). The molecule has 2 aromatic carbocycles. The molecule has 2 aromatic rings. The third-order valence-corrected chi connectivity index (χ3v) is 7.58. The van der Waals surface area contributed by atoms with Gasteiger partial charge in [-0.25, -0.2) is 4.79 Å². The molecule has 7 heteroatoms. The number of amides is 2. The van der Waals surface area contributed by atoms with E-state index in [9.17, 15) is 14.4 Å². The van der Waals surface area contributed by atoms with Crippen LogP contribution in [-0.2, 0) is 14.3 Å². The number of hydrogen-bond acceptors (Lipinski definition) is 4. The predicted octanol–water partition coefficient (Wildman–Crippen LogP) is 4.16. The van der Waals surface area contributed by atoms with Gasteiger partial charge in [-0.1, -0.05) is 48.5 Å². The summed E-state index contributed by atoms with van der Waals surface area (Å²) in [6.45, 7) is 0.841. The minimum atomic E-state index is -0.993. The number of hydrogen-bond donors (Lipinski definition) is 2. The summed E-state index contributed by atoms with van der Waals surface area (Å²) in [6, 6.07) is 15.5. The largest absolute Gasteiger partial charge is 0.481 e. The highest BCUT2D eigenvalue weighted by atomic mass is 16.5. The lowest BCUT2D eigenvalue weighted by atomic mass is 9.79. The van der Waals surface area contributed by atoms with Crippen LogP contribution in [0.3, 0.4) is 0 Å². The van der Waals surface area contributed by atoms with Crippen molar-refractivity contribution in [2.75, 3.05) is 13.2 Å². The number of nitrogens with one attached hydrogen (secondary N) is 1. The van der Waals surface area contributed by atoms with Gasteiger partial charge in [-0.3, -0.25) is 9.59 Å². The molecule has 0 aromatic heterocycles. The average Bonchev–Trinajstić information content (AvgIpc) is 3.19. The predicted molar refractivity (Wildman–Crippen MR) is 126 cm³/mol. The Kier molecular flexibility index (Phi) is 6.26. The Bertz CT molecular complexity index is 1050. The van der Waals surface area contributed by atoms with E-state index >= 15 is 0 Å². The zero-order chi connectivity index (χ0) is 23.7. The van der Waals surface area contributed by atoms with Gasteiger partial charge in [-0.15, -0.1) is 0 Å². The van der Waals surface area contributed by atoms with Gasteiger partial charge >= 0.3 is 12.1 Å². The van der Waals surface area contributed by atoms with Crippen molar-refractivity contribution in [2.45, 2.75) is 56.5 Å². The Morgan fingerprint density at radius 2 is 1.59 bits per heavy atom. The number of carbonyl (C=O) groups excluding carboxylic acids is 2. The van der Waals surface area contributed by atoms with E-state index in [1.165, 1.54) is 0 Å². The first-order valence-electron chi connectivity index (χ1n) is 12.1. The smallest absolute Gasteiger partial charge is 0.407 e. The van der Waals surface area contributed by atoms with Gasteiger partial charge in [0.05, 0.1) is 0 Å². The fourth-order valence-electron chi connectivity index (χ4n) is 5.84. The summed E-state index contributed by atoms with van der Waals surface area (Å²) in [6.07, 6.45) is 3.39. The van der Waals surface area contributed by atoms with E-state index in [1.807, 2.05) is 41.3 Å². The summed E-state index contributed by atoms with van der Waals surface area (Å²) in [5, 5.41) is 11.8. The maximum Gasteiger partial charge on any atom is 0.407 e. The number of carboxylic acid groups (broad SMARTS) is 1. The molecule has 2 bridgehead atoms. The Morgan fingerprint density at radius 3 is 2.15 bits per heavy atom. The van der Waals surface area contributed by atoms with Gasteiger partial charge in [0.25, 0.3) is 0 Å². The lowest BCUT2D eigenvalue weighted by molar-refractivity contribution is -0.142. The molecule has 3 fully saturated rings. The fourth-order valence-corrected chi connectivity index (χ4v) is 5.84. The molecule has 4 aliphatic rings. The summed E-state index contributed by atoms with van der Waals surface area (Å²) in [5.74, 6) is -0.760.